The van der Waals surface area contributed by atoms with E-state index in [9.17, 15) is 14.4 Å². The fourth-order valence-electron chi connectivity index (χ4n) is 2.20. The van der Waals surface area contributed by atoms with Crippen LogP contribution in [0.25, 0.3) is 6.08 Å². The Morgan fingerprint density at radius 1 is 1.00 bits per heavy atom. The average Bonchev–Trinajstić information content (AvgIpc) is 2.71. The standard InChI is InChI=1S/C20H18ClNO6/c1-26-19(24)16(20(25)27-2)11-13-10-14(21)8-9-17(13)28-12-18(23)22-15-6-4-3-5-7-15/h3-11H,12H2,1-2H3,(H,22,23). The van der Waals surface area contributed by atoms with Crippen LogP contribution in [0.1, 0.15) is 5.56 Å². The van der Waals surface area contributed by atoms with Crippen LogP contribution >= 0.6 is 11.6 Å². The number of methoxy groups -OCH3 is 2. The van der Waals surface area contributed by atoms with Crippen molar-refractivity contribution in [1.82, 2.24) is 0 Å². The van der Waals surface area contributed by atoms with Gasteiger partial charge in [0.05, 0.1) is 14.2 Å². The number of carbonyl (C=O) groups excluding carboxylic acids is 3. The van der Waals surface area contributed by atoms with Crippen molar-refractivity contribution in [3.8, 4) is 5.75 Å². The molecule has 0 atom stereocenters. The van der Waals surface area contributed by atoms with Crippen molar-refractivity contribution in [3.05, 3.63) is 64.7 Å². The number of hydrogen-bond donors (Lipinski definition) is 1. The minimum atomic E-state index is -0.875. The third kappa shape index (κ3) is 5.85. The maximum absolute atomic E-state index is 12.1. The molecular weight excluding hydrogens is 386 g/mol. The van der Waals surface area contributed by atoms with E-state index < -0.39 is 11.9 Å². The van der Waals surface area contributed by atoms with Crippen molar-refractivity contribution in [1.29, 1.82) is 0 Å². The molecule has 146 valence electrons. The molecule has 0 spiro atoms. The highest BCUT2D eigenvalue weighted by Crippen LogP contribution is 2.26. The van der Waals surface area contributed by atoms with Gasteiger partial charge in [0.1, 0.15) is 11.3 Å². The minimum absolute atomic E-state index is 0.248. The number of anilines is 1. The lowest BCUT2D eigenvalue weighted by molar-refractivity contribution is -0.143. The molecule has 28 heavy (non-hydrogen) atoms. The summed E-state index contributed by atoms with van der Waals surface area (Å²) in [6.07, 6.45) is 1.23. The summed E-state index contributed by atoms with van der Waals surface area (Å²) in [7, 11) is 2.28. The van der Waals surface area contributed by atoms with Crippen LogP contribution in [-0.4, -0.2) is 38.7 Å². The second-order valence-corrected chi connectivity index (χ2v) is 5.86. The Bertz CT molecular complexity index is 877. The molecule has 0 heterocycles. The maximum atomic E-state index is 12.1. The zero-order valence-corrected chi connectivity index (χ0v) is 16.0. The highest BCUT2D eigenvalue weighted by atomic mass is 35.5. The van der Waals surface area contributed by atoms with E-state index in [0.717, 1.165) is 14.2 Å². The minimum Gasteiger partial charge on any atom is -0.483 e. The normalized spacial score (nSPS) is 9.82. The molecule has 0 bridgehead atoms. The molecule has 2 aromatic carbocycles. The monoisotopic (exact) mass is 403 g/mol. The molecule has 0 radical (unpaired) electrons. The van der Waals surface area contributed by atoms with Crippen LogP contribution in [0, 0.1) is 0 Å². The van der Waals surface area contributed by atoms with E-state index in [1.54, 1.807) is 30.3 Å². The van der Waals surface area contributed by atoms with Crippen LogP contribution in [0.2, 0.25) is 5.02 Å². The van der Waals surface area contributed by atoms with Crippen LogP contribution < -0.4 is 10.1 Å². The third-order valence-electron chi connectivity index (χ3n) is 3.50. The number of hydrogen-bond acceptors (Lipinski definition) is 6. The number of benzene rings is 2. The highest BCUT2D eigenvalue weighted by Gasteiger charge is 2.21. The fraction of sp³-hybridized carbons (Fsp3) is 0.150. The number of para-hydroxylation sites is 1. The van der Waals surface area contributed by atoms with Gasteiger partial charge in [-0.05, 0) is 36.4 Å². The van der Waals surface area contributed by atoms with Crippen molar-refractivity contribution in [2.45, 2.75) is 0 Å². The van der Waals surface area contributed by atoms with Crippen LogP contribution in [0.3, 0.4) is 0 Å². The molecule has 0 saturated heterocycles. The van der Waals surface area contributed by atoms with Gasteiger partial charge in [-0.3, -0.25) is 4.79 Å². The average molecular weight is 404 g/mol. The second kappa shape index (κ2) is 10.1. The molecule has 8 heteroatoms. The Hall–Kier alpha value is -3.32. The lowest BCUT2D eigenvalue weighted by atomic mass is 10.1. The maximum Gasteiger partial charge on any atom is 0.345 e. The van der Waals surface area contributed by atoms with E-state index >= 15 is 0 Å². The van der Waals surface area contributed by atoms with Crippen LogP contribution in [0.4, 0.5) is 5.69 Å². The SMILES string of the molecule is COC(=O)C(=Cc1cc(Cl)ccc1OCC(=O)Nc1ccccc1)C(=O)OC. The quantitative estimate of drug-likeness (QED) is 0.330. The summed E-state index contributed by atoms with van der Waals surface area (Å²) in [5, 5.41) is 3.03. The smallest absolute Gasteiger partial charge is 0.345 e. The molecule has 7 nitrogen and oxygen atoms in total. The summed E-state index contributed by atoms with van der Waals surface area (Å²) >= 11 is 6.00. The van der Waals surface area contributed by atoms with Crippen molar-refractivity contribution < 1.29 is 28.6 Å². The fourth-order valence-corrected chi connectivity index (χ4v) is 2.38. The predicted molar refractivity (Wildman–Crippen MR) is 104 cm³/mol. The Morgan fingerprint density at radius 3 is 2.25 bits per heavy atom. The number of halogens is 1. The molecule has 0 aliphatic carbocycles. The summed E-state index contributed by atoms with van der Waals surface area (Å²) in [6.45, 7) is -0.289. The van der Waals surface area contributed by atoms with Gasteiger partial charge in [0.2, 0.25) is 0 Å². The number of ether oxygens (including phenoxy) is 3. The van der Waals surface area contributed by atoms with Crippen molar-refractivity contribution in [2.75, 3.05) is 26.1 Å². The summed E-state index contributed by atoms with van der Waals surface area (Å²) < 4.78 is 14.7. The van der Waals surface area contributed by atoms with Crippen LogP contribution in [-0.2, 0) is 23.9 Å². The van der Waals surface area contributed by atoms with Gasteiger partial charge in [-0.25, -0.2) is 9.59 Å². The van der Waals surface area contributed by atoms with Crippen molar-refractivity contribution >= 4 is 41.2 Å². The molecule has 1 N–H and O–H groups in total. The van der Waals surface area contributed by atoms with Crippen molar-refractivity contribution in [3.63, 3.8) is 0 Å². The number of amides is 1. The molecule has 0 aliphatic rings. The van der Waals surface area contributed by atoms with Gasteiger partial charge < -0.3 is 19.5 Å². The lowest BCUT2D eigenvalue weighted by Gasteiger charge is -2.11. The number of esters is 2. The van der Waals surface area contributed by atoms with E-state index in [4.69, 9.17) is 16.3 Å². The lowest BCUT2D eigenvalue weighted by Crippen LogP contribution is -2.20. The van der Waals surface area contributed by atoms with Gasteiger partial charge >= 0.3 is 11.9 Å². The largest absolute Gasteiger partial charge is 0.483 e. The van der Waals surface area contributed by atoms with Gasteiger partial charge in [-0.2, -0.15) is 0 Å². The van der Waals surface area contributed by atoms with E-state index in [0.29, 0.717) is 16.3 Å². The molecule has 1 amide bonds. The van der Waals surface area contributed by atoms with E-state index in [1.807, 2.05) is 6.07 Å². The molecule has 2 rings (SSSR count). The summed E-state index contributed by atoms with van der Waals surface area (Å²) in [5.74, 6) is -1.88. The number of carbonyl (C=O) groups is 3. The summed E-state index contributed by atoms with van der Waals surface area (Å²) in [5.41, 5.74) is 0.600. The van der Waals surface area contributed by atoms with Crippen LogP contribution in [0.5, 0.6) is 5.75 Å². The zero-order chi connectivity index (χ0) is 20.5. The van der Waals surface area contributed by atoms with E-state index in [2.05, 4.69) is 14.8 Å². The van der Waals surface area contributed by atoms with E-state index in [-0.39, 0.29) is 23.8 Å². The molecule has 0 aliphatic heterocycles. The van der Waals surface area contributed by atoms with Gasteiger partial charge in [-0.15, -0.1) is 0 Å². The van der Waals surface area contributed by atoms with Gasteiger partial charge in [0, 0.05) is 16.3 Å². The Morgan fingerprint density at radius 2 is 1.64 bits per heavy atom. The number of nitrogens with one attached hydrogen (secondary N) is 1. The van der Waals surface area contributed by atoms with Gasteiger partial charge in [0.15, 0.2) is 6.61 Å². The van der Waals surface area contributed by atoms with Gasteiger partial charge in [-0.1, -0.05) is 29.8 Å². The molecule has 0 aromatic heterocycles. The van der Waals surface area contributed by atoms with Crippen LogP contribution in [0.15, 0.2) is 54.1 Å². The summed E-state index contributed by atoms with van der Waals surface area (Å²) in [4.78, 5) is 35.8. The Labute approximate surface area is 166 Å². The molecule has 0 unspecified atom stereocenters. The third-order valence-corrected chi connectivity index (χ3v) is 3.73. The number of rotatable bonds is 7. The molecular formula is C20H18ClNO6. The molecule has 2 aromatic rings. The second-order valence-electron chi connectivity index (χ2n) is 5.43. The zero-order valence-electron chi connectivity index (χ0n) is 15.2. The summed E-state index contributed by atoms with van der Waals surface area (Å²) in [6, 6.07) is 13.5. The molecule has 0 fully saturated rings. The first-order valence-electron chi connectivity index (χ1n) is 8.10. The first-order valence-corrected chi connectivity index (χ1v) is 8.48. The van der Waals surface area contributed by atoms with Crippen molar-refractivity contribution in [2.24, 2.45) is 0 Å². The van der Waals surface area contributed by atoms with E-state index in [1.165, 1.54) is 18.2 Å². The predicted octanol–water partition coefficient (Wildman–Crippen LogP) is 3.09. The van der Waals surface area contributed by atoms with Gasteiger partial charge in [0.25, 0.3) is 5.91 Å². The molecule has 0 saturated carbocycles. The first-order chi connectivity index (χ1) is 13.4. The Kier molecular flexibility index (Phi) is 7.59. The highest BCUT2D eigenvalue weighted by molar-refractivity contribution is 6.30. The first kappa shape index (κ1) is 21.0. The Balaban J connectivity index is 2.21. The topological polar surface area (TPSA) is 90.9 Å².